The van der Waals surface area contributed by atoms with Gasteiger partial charge in [-0.3, -0.25) is 4.57 Å². The zero-order chi connectivity index (χ0) is 37.5. The maximum atomic E-state index is 6.08. The van der Waals surface area contributed by atoms with E-state index in [4.69, 9.17) is 33.8 Å². The smallest absolute Gasteiger partial charge is 0.238 e. The Hall–Kier alpha value is -7.97. The summed E-state index contributed by atoms with van der Waals surface area (Å²) in [6, 6.07) is 57.5. The van der Waals surface area contributed by atoms with E-state index < -0.39 is 0 Å². The SMILES string of the molecule is c1ccc2oc(-c3ccc4cc(-c5nc(-c6ccc7cc(-c8nc9ccccc9o8)ccc7c6)nc(-n6c7ccccc7c7ccccc76)n5)ccc4c3)nc2c1. The Kier molecular flexibility index (Phi) is 6.76. The molecule has 0 saturated heterocycles. The highest BCUT2D eigenvalue weighted by atomic mass is 16.4. The fourth-order valence-corrected chi connectivity index (χ4v) is 7.89. The minimum absolute atomic E-state index is 0.546. The number of para-hydroxylation sites is 6. The Morgan fingerprint density at radius 1 is 0.351 bits per heavy atom. The Balaban J connectivity index is 0.999. The molecule has 12 aromatic rings. The molecule has 0 aliphatic rings. The van der Waals surface area contributed by atoms with Crippen LogP contribution < -0.4 is 0 Å². The summed E-state index contributed by atoms with van der Waals surface area (Å²) in [4.78, 5) is 25.0. The largest absolute Gasteiger partial charge is 0.436 e. The first kappa shape index (κ1) is 31.4. The lowest BCUT2D eigenvalue weighted by Gasteiger charge is -2.12. The lowest BCUT2D eigenvalue weighted by atomic mass is 10.0. The minimum atomic E-state index is 0.546. The van der Waals surface area contributed by atoms with E-state index in [1.54, 1.807) is 0 Å². The van der Waals surface area contributed by atoms with Gasteiger partial charge in [0.1, 0.15) is 11.0 Å². The molecule has 0 radical (unpaired) electrons. The van der Waals surface area contributed by atoms with E-state index in [9.17, 15) is 0 Å². The van der Waals surface area contributed by atoms with Gasteiger partial charge in [-0.15, -0.1) is 0 Å². The molecule has 57 heavy (non-hydrogen) atoms. The van der Waals surface area contributed by atoms with E-state index in [1.807, 2.05) is 60.7 Å². The van der Waals surface area contributed by atoms with Gasteiger partial charge in [0.05, 0.1) is 11.0 Å². The van der Waals surface area contributed by atoms with Crippen LogP contribution in [0.15, 0.2) is 179 Å². The van der Waals surface area contributed by atoms with Gasteiger partial charge in [-0.1, -0.05) is 97.1 Å². The van der Waals surface area contributed by atoms with Gasteiger partial charge in [0.15, 0.2) is 22.8 Å². The summed E-state index contributed by atoms with van der Waals surface area (Å²) in [6.07, 6.45) is 0. The molecule has 0 fully saturated rings. The predicted molar refractivity (Wildman–Crippen MR) is 226 cm³/mol. The van der Waals surface area contributed by atoms with E-state index in [0.29, 0.717) is 29.4 Å². The van der Waals surface area contributed by atoms with E-state index >= 15 is 0 Å². The maximum absolute atomic E-state index is 6.08. The number of nitrogens with zero attached hydrogens (tertiary/aromatic N) is 6. The summed E-state index contributed by atoms with van der Waals surface area (Å²) in [5.41, 5.74) is 8.85. The first-order chi connectivity index (χ1) is 28.2. The van der Waals surface area contributed by atoms with Crippen LogP contribution in [0.25, 0.3) is 117 Å². The molecule has 0 unspecified atom stereocenters. The van der Waals surface area contributed by atoms with E-state index in [1.165, 1.54) is 0 Å². The molecule has 0 N–H and O–H groups in total. The number of oxazole rings is 2. The summed E-state index contributed by atoms with van der Waals surface area (Å²) >= 11 is 0. The molecule has 8 heteroatoms. The van der Waals surface area contributed by atoms with Crippen molar-refractivity contribution < 1.29 is 8.83 Å². The Bertz CT molecular complexity index is 3270. The fraction of sp³-hybridized carbons (Fsp3) is 0. The average molecular weight is 733 g/mol. The molecule has 4 heterocycles. The second-order valence-electron chi connectivity index (χ2n) is 14.2. The number of rotatable bonds is 5. The van der Waals surface area contributed by atoms with Crippen LogP contribution in [0, 0.1) is 0 Å². The highest BCUT2D eigenvalue weighted by Gasteiger charge is 2.19. The number of aromatic nitrogens is 6. The van der Waals surface area contributed by atoms with Gasteiger partial charge in [0.25, 0.3) is 0 Å². The Morgan fingerprint density at radius 2 is 0.754 bits per heavy atom. The lowest BCUT2D eigenvalue weighted by Crippen LogP contribution is -2.06. The van der Waals surface area contributed by atoms with Crippen molar-refractivity contribution in [3.8, 4) is 51.6 Å². The molecule has 4 aromatic heterocycles. The first-order valence-corrected chi connectivity index (χ1v) is 18.7. The second-order valence-corrected chi connectivity index (χ2v) is 14.2. The Labute approximate surface area is 324 Å². The van der Waals surface area contributed by atoms with Crippen molar-refractivity contribution in [2.24, 2.45) is 0 Å². The average Bonchev–Trinajstić information content (AvgIpc) is 4.00. The van der Waals surface area contributed by atoms with Gasteiger partial charge in [-0.05, 0) is 94.3 Å². The molecular formula is C49H28N6O2. The van der Waals surface area contributed by atoms with E-state index in [2.05, 4.69) is 114 Å². The number of benzene rings is 8. The van der Waals surface area contributed by atoms with Crippen LogP contribution in [0.5, 0.6) is 0 Å². The minimum Gasteiger partial charge on any atom is -0.436 e. The van der Waals surface area contributed by atoms with Crippen molar-refractivity contribution in [3.05, 3.63) is 170 Å². The van der Waals surface area contributed by atoms with Gasteiger partial charge in [0, 0.05) is 33.0 Å². The Morgan fingerprint density at radius 3 is 1.23 bits per heavy atom. The maximum Gasteiger partial charge on any atom is 0.238 e. The fourth-order valence-electron chi connectivity index (χ4n) is 7.89. The van der Waals surface area contributed by atoms with Gasteiger partial charge >= 0.3 is 0 Å². The number of fused-ring (bicyclic) bond motifs is 7. The quantitative estimate of drug-likeness (QED) is 0.174. The van der Waals surface area contributed by atoms with Crippen LogP contribution >= 0.6 is 0 Å². The third-order valence-corrected chi connectivity index (χ3v) is 10.7. The van der Waals surface area contributed by atoms with Crippen LogP contribution in [0.3, 0.4) is 0 Å². The van der Waals surface area contributed by atoms with Crippen LogP contribution in [0.1, 0.15) is 0 Å². The summed E-state index contributed by atoms with van der Waals surface area (Å²) in [7, 11) is 0. The second kappa shape index (κ2) is 12.3. The summed E-state index contributed by atoms with van der Waals surface area (Å²) < 4.78 is 14.3. The third-order valence-electron chi connectivity index (χ3n) is 10.7. The van der Waals surface area contributed by atoms with Crippen molar-refractivity contribution >= 4 is 65.6 Å². The summed E-state index contributed by atoms with van der Waals surface area (Å²) in [5.74, 6) is 2.89. The van der Waals surface area contributed by atoms with Crippen LogP contribution in [0.4, 0.5) is 0 Å². The van der Waals surface area contributed by atoms with E-state index in [0.717, 1.165) is 87.8 Å². The van der Waals surface area contributed by atoms with Crippen molar-refractivity contribution in [3.63, 3.8) is 0 Å². The molecule has 12 rings (SSSR count). The van der Waals surface area contributed by atoms with E-state index in [-0.39, 0.29) is 0 Å². The van der Waals surface area contributed by atoms with Gasteiger partial charge in [-0.2, -0.15) is 9.97 Å². The summed E-state index contributed by atoms with van der Waals surface area (Å²) in [5, 5.41) is 6.49. The zero-order valence-electron chi connectivity index (χ0n) is 30.2. The van der Waals surface area contributed by atoms with Gasteiger partial charge in [0.2, 0.25) is 17.7 Å². The molecular weight excluding hydrogens is 705 g/mol. The molecule has 8 nitrogen and oxygen atoms in total. The monoisotopic (exact) mass is 732 g/mol. The molecule has 0 bridgehead atoms. The predicted octanol–water partition coefficient (Wildman–Crippen LogP) is 12.2. The number of hydrogen-bond donors (Lipinski definition) is 0. The molecule has 0 saturated carbocycles. The zero-order valence-corrected chi connectivity index (χ0v) is 30.2. The van der Waals surface area contributed by atoms with Crippen molar-refractivity contribution in [1.29, 1.82) is 0 Å². The summed E-state index contributed by atoms with van der Waals surface area (Å²) in [6.45, 7) is 0. The van der Waals surface area contributed by atoms with Crippen LogP contribution in [-0.4, -0.2) is 29.5 Å². The molecule has 0 amide bonds. The molecule has 0 aliphatic heterocycles. The highest BCUT2D eigenvalue weighted by Crippen LogP contribution is 2.35. The van der Waals surface area contributed by atoms with Crippen molar-refractivity contribution in [2.75, 3.05) is 0 Å². The van der Waals surface area contributed by atoms with Gasteiger partial charge in [-0.25, -0.2) is 15.0 Å². The topological polar surface area (TPSA) is 95.7 Å². The lowest BCUT2D eigenvalue weighted by molar-refractivity contribution is 0.619. The van der Waals surface area contributed by atoms with Crippen LogP contribution in [0.2, 0.25) is 0 Å². The molecule has 266 valence electrons. The van der Waals surface area contributed by atoms with Gasteiger partial charge < -0.3 is 8.83 Å². The third kappa shape index (κ3) is 5.19. The molecule has 8 aromatic carbocycles. The first-order valence-electron chi connectivity index (χ1n) is 18.7. The molecule has 0 spiro atoms. The van der Waals surface area contributed by atoms with Crippen LogP contribution in [-0.2, 0) is 0 Å². The highest BCUT2D eigenvalue weighted by molar-refractivity contribution is 6.09. The normalized spacial score (nSPS) is 11.9. The molecule has 0 aliphatic carbocycles. The number of hydrogen-bond acceptors (Lipinski definition) is 7. The standard InChI is InChI=1S/C49H28N6O2/c1-5-13-41-37(9-1)38-10-2-6-14-42(38)55(41)49-53-45(33-21-17-31-27-35(23-19-29(31)25-33)47-50-39-11-3-7-15-43(39)56-47)52-46(54-49)34-22-18-32-28-36(24-20-30(32)26-34)48-51-40-12-4-8-16-44(40)57-48/h1-28H. The molecule has 0 atom stereocenters. The van der Waals surface area contributed by atoms with Crippen molar-refractivity contribution in [1.82, 2.24) is 29.5 Å². The van der Waals surface area contributed by atoms with Crippen molar-refractivity contribution in [2.45, 2.75) is 0 Å².